The number of likely N-dealkylation sites (tertiary alicyclic amines) is 1. The smallest absolute Gasteiger partial charge is 0.270 e. The molecule has 0 spiro atoms. The molecule has 1 unspecified atom stereocenters. The Morgan fingerprint density at radius 3 is 2.95 bits per heavy atom. The van der Waals surface area contributed by atoms with Gasteiger partial charge in [0.05, 0.1) is 11.0 Å². The van der Waals surface area contributed by atoms with E-state index in [4.69, 9.17) is 9.88 Å². The second-order valence-corrected chi connectivity index (χ2v) is 6.74. The number of aromatic amines is 1. The van der Waals surface area contributed by atoms with Crippen LogP contribution in [-0.4, -0.2) is 50.0 Å². The molecule has 0 aromatic carbocycles. The highest BCUT2D eigenvalue weighted by molar-refractivity contribution is 7.89. The Balaban J connectivity index is 2.04. The summed E-state index contributed by atoms with van der Waals surface area (Å²) >= 11 is 0. The molecular weight excluding hydrogens is 294 g/mol. The summed E-state index contributed by atoms with van der Waals surface area (Å²) in [5, 5.41) is 5.03. The van der Waals surface area contributed by atoms with Crippen molar-refractivity contribution < 1.29 is 17.9 Å². The number of aromatic nitrogens is 1. The minimum Gasteiger partial charge on any atom is -0.376 e. The predicted octanol–water partition coefficient (Wildman–Crippen LogP) is 0.693. The van der Waals surface area contributed by atoms with Crippen LogP contribution < -0.4 is 5.14 Å². The van der Waals surface area contributed by atoms with Gasteiger partial charge in [-0.25, -0.2) is 13.6 Å². The predicted molar refractivity (Wildman–Crippen MR) is 77.3 cm³/mol. The van der Waals surface area contributed by atoms with Crippen LogP contribution in [0.1, 0.15) is 36.7 Å². The molecular formula is C13H21N3O4S. The molecule has 1 fully saturated rings. The number of rotatable bonds is 5. The van der Waals surface area contributed by atoms with Gasteiger partial charge in [-0.05, 0) is 25.3 Å². The quantitative estimate of drug-likeness (QED) is 0.834. The molecule has 1 amide bonds. The average Bonchev–Trinajstić information content (AvgIpc) is 2.94. The Morgan fingerprint density at radius 1 is 1.57 bits per heavy atom. The van der Waals surface area contributed by atoms with Gasteiger partial charge in [-0.2, -0.15) is 0 Å². The minimum atomic E-state index is -3.80. The van der Waals surface area contributed by atoms with Gasteiger partial charge in [0.1, 0.15) is 5.69 Å². The van der Waals surface area contributed by atoms with E-state index >= 15 is 0 Å². The largest absolute Gasteiger partial charge is 0.376 e. The number of nitrogens with two attached hydrogens (primary N) is 1. The first kappa shape index (κ1) is 16.0. The second-order valence-electron chi connectivity index (χ2n) is 5.18. The van der Waals surface area contributed by atoms with E-state index in [-0.39, 0.29) is 22.6 Å². The van der Waals surface area contributed by atoms with Gasteiger partial charge in [-0.3, -0.25) is 4.79 Å². The van der Waals surface area contributed by atoms with Gasteiger partial charge in [-0.1, -0.05) is 6.92 Å². The maximum Gasteiger partial charge on any atom is 0.270 e. The van der Waals surface area contributed by atoms with Gasteiger partial charge in [-0.15, -0.1) is 0 Å². The van der Waals surface area contributed by atoms with Crippen molar-refractivity contribution in [1.82, 2.24) is 9.88 Å². The fraction of sp³-hybridized carbons (Fsp3) is 0.615. The Morgan fingerprint density at radius 2 is 2.33 bits per heavy atom. The molecule has 3 N–H and O–H groups in total. The Kier molecular flexibility index (Phi) is 5.02. The van der Waals surface area contributed by atoms with Crippen molar-refractivity contribution in [3.05, 3.63) is 18.0 Å². The number of sulfonamides is 1. The van der Waals surface area contributed by atoms with Crippen LogP contribution in [0, 0.1) is 0 Å². The van der Waals surface area contributed by atoms with Gasteiger partial charge in [0.15, 0.2) is 0 Å². The van der Waals surface area contributed by atoms with Gasteiger partial charge < -0.3 is 14.6 Å². The fourth-order valence-corrected chi connectivity index (χ4v) is 2.88. The van der Waals surface area contributed by atoms with E-state index in [2.05, 4.69) is 4.98 Å². The van der Waals surface area contributed by atoms with E-state index in [9.17, 15) is 13.2 Å². The van der Waals surface area contributed by atoms with E-state index < -0.39 is 10.0 Å². The molecule has 0 radical (unpaired) electrons. The number of primary sulfonamides is 1. The van der Waals surface area contributed by atoms with Gasteiger partial charge >= 0.3 is 0 Å². The number of carbonyl (C=O) groups is 1. The zero-order chi connectivity index (χ0) is 15.5. The zero-order valence-electron chi connectivity index (χ0n) is 12.0. The summed E-state index contributed by atoms with van der Waals surface area (Å²) in [6.07, 6.45) is 4.05. The van der Waals surface area contributed by atoms with Crippen molar-refractivity contribution in [2.45, 2.75) is 37.2 Å². The summed E-state index contributed by atoms with van der Waals surface area (Å²) < 4.78 is 28.1. The van der Waals surface area contributed by atoms with Crippen molar-refractivity contribution in [2.75, 3.05) is 19.7 Å². The molecule has 7 nitrogen and oxygen atoms in total. The van der Waals surface area contributed by atoms with Crippen molar-refractivity contribution in [1.29, 1.82) is 0 Å². The lowest BCUT2D eigenvalue weighted by Crippen LogP contribution is -2.43. The number of ether oxygens (including phenoxy) is 1. The van der Waals surface area contributed by atoms with E-state index in [1.54, 1.807) is 4.90 Å². The summed E-state index contributed by atoms with van der Waals surface area (Å²) in [6.45, 7) is 3.90. The molecule has 118 valence electrons. The number of nitrogens with zero attached hydrogens (tertiary/aromatic N) is 1. The number of amides is 1. The monoisotopic (exact) mass is 315 g/mol. The zero-order valence-corrected chi connectivity index (χ0v) is 12.9. The number of hydrogen-bond acceptors (Lipinski definition) is 4. The van der Waals surface area contributed by atoms with Crippen LogP contribution in [0.25, 0.3) is 0 Å². The first-order chi connectivity index (χ1) is 9.91. The molecule has 1 aromatic heterocycles. The Bertz CT molecular complexity index is 596. The molecule has 1 aromatic rings. The summed E-state index contributed by atoms with van der Waals surface area (Å²) in [4.78, 5) is 16.6. The summed E-state index contributed by atoms with van der Waals surface area (Å²) in [7, 11) is -3.80. The van der Waals surface area contributed by atoms with E-state index in [0.717, 1.165) is 19.3 Å². The molecule has 8 heteroatoms. The highest BCUT2D eigenvalue weighted by Gasteiger charge is 2.26. The minimum absolute atomic E-state index is 0.0512. The normalized spacial score (nSPS) is 19.7. The first-order valence-corrected chi connectivity index (χ1v) is 8.58. The van der Waals surface area contributed by atoms with E-state index in [1.165, 1.54) is 12.3 Å². The van der Waals surface area contributed by atoms with Crippen LogP contribution in [0.3, 0.4) is 0 Å². The molecule has 1 aliphatic heterocycles. The van der Waals surface area contributed by atoms with Crippen LogP contribution in [0.5, 0.6) is 0 Å². The molecule has 2 heterocycles. The molecule has 1 atom stereocenters. The molecule has 0 aliphatic carbocycles. The lowest BCUT2D eigenvalue weighted by Gasteiger charge is -2.32. The van der Waals surface area contributed by atoms with Crippen molar-refractivity contribution in [3.63, 3.8) is 0 Å². The van der Waals surface area contributed by atoms with Crippen LogP contribution >= 0.6 is 0 Å². The maximum atomic E-state index is 12.4. The van der Waals surface area contributed by atoms with Gasteiger partial charge in [0, 0.05) is 25.9 Å². The first-order valence-electron chi connectivity index (χ1n) is 7.04. The number of H-pyrrole nitrogens is 1. The lowest BCUT2D eigenvalue weighted by atomic mass is 10.1. The van der Waals surface area contributed by atoms with Crippen LogP contribution in [0.15, 0.2) is 17.2 Å². The fourth-order valence-electron chi connectivity index (χ4n) is 2.38. The highest BCUT2D eigenvalue weighted by atomic mass is 32.2. The SMILES string of the molecule is CCCOC1CCCN(C(=O)c2cc(S(N)(=O)=O)c[nH]2)C1. The molecule has 2 rings (SSSR count). The van der Waals surface area contributed by atoms with Crippen molar-refractivity contribution in [3.8, 4) is 0 Å². The number of hydrogen-bond donors (Lipinski definition) is 2. The lowest BCUT2D eigenvalue weighted by molar-refractivity contribution is 0.00194. The van der Waals surface area contributed by atoms with E-state index in [0.29, 0.717) is 19.7 Å². The average molecular weight is 315 g/mol. The Hall–Kier alpha value is -1.38. The number of nitrogens with one attached hydrogen (secondary N) is 1. The second kappa shape index (κ2) is 6.59. The van der Waals surface area contributed by atoms with Crippen LogP contribution in [0.2, 0.25) is 0 Å². The summed E-state index contributed by atoms with van der Waals surface area (Å²) in [5.41, 5.74) is 0.232. The Labute approximate surface area is 124 Å². The van der Waals surface area contributed by atoms with Crippen LogP contribution in [-0.2, 0) is 14.8 Å². The molecule has 1 aliphatic rings. The number of carbonyl (C=O) groups excluding carboxylic acids is 1. The third-order valence-electron chi connectivity index (χ3n) is 3.44. The third kappa shape index (κ3) is 4.05. The molecule has 0 saturated carbocycles. The highest BCUT2D eigenvalue weighted by Crippen LogP contribution is 2.17. The standard InChI is InChI=1S/C13H21N3O4S/c1-2-6-20-10-4-3-5-16(9-10)13(17)12-7-11(8-15-12)21(14,18)19/h7-8,10,15H,2-6,9H2,1H3,(H2,14,18,19). The number of piperidine rings is 1. The van der Waals surface area contributed by atoms with Crippen molar-refractivity contribution in [2.24, 2.45) is 5.14 Å². The summed E-state index contributed by atoms with van der Waals surface area (Å²) in [5.74, 6) is -0.227. The topological polar surface area (TPSA) is 105 Å². The molecule has 21 heavy (non-hydrogen) atoms. The van der Waals surface area contributed by atoms with Crippen molar-refractivity contribution >= 4 is 15.9 Å². The molecule has 0 bridgehead atoms. The van der Waals surface area contributed by atoms with Crippen LogP contribution in [0.4, 0.5) is 0 Å². The van der Waals surface area contributed by atoms with Gasteiger partial charge in [0.2, 0.25) is 10.0 Å². The maximum absolute atomic E-state index is 12.4. The third-order valence-corrected chi connectivity index (χ3v) is 4.33. The van der Waals surface area contributed by atoms with Gasteiger partial charge in [0.25, 0.3) is 5.91 Å². The van der Waals surface area contributed by atoms with E-state index in [1.807, 2.05) is 6.92 Å². The molecule has 1 saturated heterocycles. The summed E-state index contributed by atoms with van der Waals surface area (Å²) in [6, 6.07) is 1.27.